The van der Waals surface area contributed by atoms with Crippen LogP contribution in [0.1, 0.15) is 71.6 Å². The van der Waals surface area contributed by atoms with Crippen molar-refractivity contribution in [2.24, 2.45) is 11.8 Å². The highest BCUT2D eigenvalue weighted by Crippen LogP contribution is 2.29. The predicted octanol–water partition coefficient (Wildman–Crippen LogP) is 4.12. The highest BCUT2D eigenvalue weighted by atomic mass is 15.0. The van der Waals surface area contributed by atoms with Crippen molar-refractivity contribution >= 4 is 0 Å². The molecule has 2 aliphatic rings. The molecule has 94 valence electrons. The lowest BCUT2D eigenvalue weighted by molar-refractivity contribution is 0.287. The molecule has 1 heteroatoms. The van der Waals surface area contributed by atoms with E-state index in [1.54, 1.807) is 0 Å². The molecule has 0 saturated heterocycles. The van der Waals surface area contributed by atoms with Crippen LogP contribution < -0.4 is 5.32 Å². The van der Waals surface area contributed by atoms with Crippen LogP contribution in [0.2, 0.25) is 0 Å². The van der Waals surface area contributed by atoms with Crippen molar-refractivity contribution < 1.29 is 0 Å². The minimum Gasteiger partial charge on any atom is -0.311 e. The minimum atomic E-state index is 0.753. The molecule has 2 saturated carbocycles. The molecule has 0 aromatic rings. The maximum Gasteiger partial charge on any atom is 0.00952 e. The van der Waals surface area contributed by atoms with Crippen LogP contribution in [0, 0.1) is 11.8 Å². The van der Waals surface area contributed by atoms with Gasteiger partial charge in [0.15, 0.2) is 0 Å². The maximum atomic E-state index is 3.93. The van der Waals surface area contributed by atoms with E-state index in [-0.39, 0.29) is 0 Å². The number of rotatable bonds is 3. The standard InChI is InChI=1S/C15H29N/c1-12-8-7-11-15(12)16-13(2)14-9-5-3-4-6-10-14/h12-16H,3-11H2,1-2H3/t12?,13-,15?/m1/s1. The van der Waals surface area contributed by atoms with E-state index in [0.717, 1.165) is 23.9 Å². The second-order valence-electron chi connectivity index (χ2n) is 6.22. The van der Waals surface area contributed by atoms with Crippen LogP contribution in [0.4, 0.5) is 0 Å². The molecule has 0 spiro atoms. The van der Waals surface area contributed by atoms with Gasteiger partial charge in [0.25, 0.3) is 0 Å². The van der Waals surface area contributed by atoms with Crippen molar-refractivity contribution in [1.29, 1.82) is 0 Å². The van der Waals surface area contributed by atoms with Crippen LogP contribution in [0.5, 0.6) is 0 Å². The molecule has 16 heavy (non-hydrogen) atoms. The highest BCUT2D eigenvalue weighted by molar-refractivity contribution is 4.85. The molecule has 0 radical (unpaired) electrons. The Hall–Kier alpha value is -0.0400. The predicted molar refractivity (Wildman–Crippen MR) is 70.6 cm³/mol. The van der Waals surface area contributed by atoms with E-state index in [0.29, 0.717) is 0 Å². The molecular formula is C15H29N. The summed E-state index contributed by atoms with van der Waals surface area (Å²) in [7, 11) is 0. The summed E-state index contributed by atoms with van der Waals surface area (Å²) >= 11 is 0. The van der Waals surface area contributed by atoms with Crippen molar-refractivity contribution in [2.75, 3.05) is 0 Å². The first-order valence-electron chi connectivity index (χ1n) is 7.53. The largest absolute Gasteiger partial charge is 0.311 e. The molecule has 0 heterocycles. The Labute approximate surface area is 101 Å². The van der Waals surface area contributed by atoms with Crippen LogP contribution in [0.25, 0.3) is 0 Å². The molecule has 2 unspecified atom stereocenters. The van der Waals surface area contributed by atoms with Gasteiger partial charge in [-0.15, -0.1) is 0 Å². The topological polar surface area (TPSA) is 12.0 Å². The van der Waals surface area contributed by atoms with Gasteiger partial charge in [-0.3, -0.25) is 0 Å². The van der Waals surface area contributed by atoms with E-state index in [2.05, 4.69) is 19.2 Å². The van der Waals surface area contributed by atoms with Gasteiger partial charge in [-0.2, -0.15) is 0 Å². The quantitative estimate of drug-likeness (QED) is 0.710. The summed E-state index contributed by atoms with van der Waals surface area (Å²) in [5, 5.41) is 3.93. The van der Waals surface area contributed by atoms with E-state index in [4.69, 9.17) is 0 Å². The third-order valence-corrected chi connectivity index (χ3v) is 4.95. The zero-order valence-corrected chi connectivity index (χ0v) is 11.2. The Kier molecular flexibility index (Phi) is 4.69. The van der Waals surface area contributed by atoms with Gasteiger partial charge in [-0.25, -0.2) is 0 Å². The first kappa shape index (κ1) is 12.4. The zero-order valence-electron chi connectivity index (χ0n) is 11.2. The lowest BCUT2D eigenvalue weighted by Gasteiger charge is -2.29. The molecule has 0 aromatic carbocycles. The van der Waals surface area contributed by atoms with E-state index < -0.39 is 0 Å². The second kappa shape index (κ2) is 6.05. The Morgan fingerprint density at radius 3 is 2.12 bits per heavy atom. The van der Waals surface area contributed by atoms with Crippen molar-refractivity contribution in [3.8, 4) is 0 Å². The summed E-state index contributed by atoms with van der Waals surface area (Å²) in [6.07, 6.45) is 13.1. The van der Waals surface area contributed by atoms with E-state index in [9.17, 15) is 0 Å². The Morgan fingerprint density at radius 1 is 0.875 bits per heavy atom. The lowest BCUT2D eigenvalue weighted by atomic mass is 9.91. The molecule has 0 aromatic heterocycles. The van der Waals surface area contributed by atoms with Crippen LogP contribution >= 0.6 is 0 Å². The Bertz CT molecular complexity index is 194. The van der Waals surface area contributed by atoms with Gasteiger partial charge in [0.2, 0.25) is 0 Å². The first-order valence-corrected chi connectivity index (χ1v) is 7.53. The van der Waals surface area contributed by atoms with Gasteiger partial charge in [0, 0.05) is 12.1 Å². The van der Waals surface area contributed by atoms with Crippen LogP contribution in [-0.4, -0.2) is 12.1 Å². The van der Waals surface area contributed by atoms with Crippen LogP contribution in [0.15, 0.2) is 0 Å². The first-order chi connectivity index (χ1) is 7.77. The van der Waals surface area contributed by atoms with Crippen molar-refractivity contribution in [3.63, 3.8) is 0 Å². The molecule has 2 fully saturated rings. The molecule has 0 bridgehead atoms. The Balaban J connectivity index is 1.79. The fraction of sp³-hybridized carbons (Fsp3) is 1.00. The number of hydrogen-bond donors (Lipinski definition) is 1. The molecule has 1 nitrogen and oxygen atoms in total. The molecule has 1 N–H and O–H groups in total. The molecule has 2 aliphatic carbocycles. The second-order valence-corrected chi connectivity index (χ2v) is 6.22. The van der Waals surface area contributed by atoms with Gasteiger partial charge in [-0.1, -0.05) is 39.0 Å². The summed E-state index contributed by atoms with van der Waals surface area (Å²) in [4.78, 5) is 0. The average molecular weight is 223 g/mol. The smallest absolute Gasteiger partial charge is 0.00952 e. The number of nitrogens with one attached hydrogen (secondary N) is 1. The van der Waals surface area contributed by atoms with Crippen molar-refractivity contribution in [2.45, 2.75) is 83.7 Å². The summed E-state index contributed by atoms with van der Waals surface area (Å²) in [6, 6.07) is 1.57. The van der Waals surface area contributed by atoms with Crippen LogP contribution in [0.3, 0.4) is 0 Å². The maximum absolute atomic E-state index is 3.93. The van der Waals surface area contributed by atoms with E-state index >= 15 is 0 Å². The fourth-order valence-electron chi connectivity index (χ4n) is 3.68. The summed E-state index contributed by atoms with van der Waals surface area (Å²) in [5.41, 5.74) is 0. The zero-order chi connectivity index (χ0) is 11.4. The summed E-state index contributed by atoms with van der Waals surface area (Å²) in [5.74, 6) is 1.86. The lowest BCUT2D eigenvalue weighted by Crippen LogP contribution is -2.42. The van der Waals surface area contributed by atoms with Gasteiger partial charge in [-0.05, 0) is 44.4 Å². The van der Waals surface area contributed by atoms with Crippen molar-refractivity contribution in [1.82, 2.24) is 5.32 Å². The molecule has 3 atom stereocenters. The minimum absolute atomic E-state index is 0.753. The molecule has 2 rings (SSSR count). The summed E-state index contributed by atoms with van der Waals surface area (Å²) in [6.45, 7) is 4.85. The third-order valence-electron chi connectivity index (χ3n) is 4.95. The monoisotopic (exact) mass is 223 g/mol. The van der Waals surface area contributed by atoms with Gasteiger partial charge >= 0.3 is 0 Å². The molecular weight excluding hydrogens is 194 g/mol. The Morgan fingerprint density at radius 2 is 1.56 bits per heavy atom. The average Bonchev–Trinajstić information content (AvgIpc) is 2.57. The van der Waals surface area contributed by atoms with Crippen molar-refractivity contribution in [3.05, 3.63) is 0 Å². The SMILES string of the molecule is CC1CCCC1N[C@H](C)C1CCCCCC1. The normalized spacial score (nSPS) is 34.9. The van der Waals surface area contributed by atoms with Gasteiger partial charge < -0.3 is 5.32 Å². The number of hydrogen-bond acceptors (Lipinski definition) is 1. The third kappa shape index (κ3) is 3.23. The van der Waals surface area contributed by atoms with E-state index in [1.165, 1.54) is 57.8 Å². The van der Waals surface area contributed by atoms with E-state index in [1.807, 2.05) is 0 Å². The highest BCUT2D eigenvalue weighted by Gasteiger charge is 2.27. The summed E-state index contributed by atoms with van der Waals surface area (Å²) < 4.78 is 0. The van der Waals surface area contributed by atoms with Gasteiger partial charge in [0.05, 0.1) is 0 Å². The fourth-order valence-corrected chi connectivity index (χ4v) is 3.68. The van der Waals surface area contributed by atoms with Gasteiger partial charge in [0.1, 0.15) is 0 Å². The van der Waals surface area contributed by atoms with Crippen LogP contribution in [-0.2, 0) is 0 Å². The molecule has 0 amide bonds. The molecule has 0 aliphatic heterocycles.